The Morgan fingerprint density at radius 2 is 2.06 bits per heavy atom. The van der Waals surface area contributed by atoms with Gasteiger partial charge in [0.05, 0.1) is 13.2 Å². The number of carbonyl (C=O) groups is 1. The van der Waals surface area contributed by atoms with Gasteiger partial charge in [0.2, 0.25) is 5.91 Å². The quantitative estimate of drug-likeness (QED) is 0.859. The minimum Gasteiger partial charge on any atom is -0.494 e. The number of likely N-dealkylation sites (N-methyl/N-ethyl adjacent to an activating group) is 1. The summed E-state index contributed by atoms with van der Waals surface area (Å²) in [5, 5.41) is 3.21. The Morgan fingerprint density at radius 3 is 2.65 bits per heavy atom. The molecule has 2 rings (SSSR count). The van der Waals surface area contributed by atoms with Crippen molar-refractivity contribution in [2.24, 2.45) is 0 Å². The second-order valence-electron chi connectivity index (χ2n) is 3.97. The van der Waals surface area contributed by atoms with Crippen LogP contribution in [0.5, 0.6) is 5.75 Å². The van der Waals surface area contributed by atoms with E-state index in [9.17, 15) is 4.79 Å². The molecule has 0 aromatic heterocycles. The largest absolute Gasteiger partial charge is 0.494 e. The van der Waals surface area contributed by atoms with Crippen molar-refractivity contribution in [2.75, 3.05) is 19.7 Å². The number of rotatable bonds is 4. The van der Waals surface area contributed by atoms with Crippen molar-refractivity contribution < 1.29 is 9.53 Å². The molecule has 1 aromatic rings. The average Bonchev–Trinajstić information content (AvgIpc) is 2.72. The standard InChI is InChI=1S/C13H18N2O2/c1-3-15-12(16)9-14-13(15)10-5-7-11(8-6-10)17-4-2/h5-8,13-14H,3-4,9H2,1-2H3. The monoisotopic (exact) mass is 234 g/mol. The van der Waals surface area contributed by atoms with Gasteiger partial charge in [-0.2, -0.15) is 0 Å². The van der Waals surface area contributed by atoms with Crippen molar-refractivity contribution in [3.05, 3.63) is 29.8 Å². The number of nitrogens with one attached hydrogen (secondary N) is 1. The van der Waals surface area contributed by atoms with Gasteiger partial charge in [0, 0.05) is 6.54 Å². The van der Waals surface area contributed by atoms with Crippen molar-refractivity contribution in [3.63, 3.8) is 0 Å². The molecule has 1 aliphatic heterocycles. The topological polar surface area (TPSA) is 41.6 Å². The zero-order valence-corrected chi connectivity index (χ0v) is 10.3. The Bertz CT molecular complexity index is 389. The molecule has 1 unspecified atom stereocenters. The fourth-order valence-corrected chi connectivity index (χ4v) is 2.11. The molecule has 0 bridgehead atoms. The van der Waals surface area contributed by atoms with Crippen LogP contribution in [-0.2, 0) is 4.79 Å². The minimum absolute atomic E-state index is 0.00294. The van der Waals surface area contributed by atoms with Crippen LogP contribution in [0.2, 0.25) is 0 Å². The molecule has 1 atom stereocenters. The third-order valence-corrected chi connectivity index (χ3v) is 2.93. The smallest absolute Gasteiger partial charge is 0.238 e. The summed E-state index contributed by atoms with van der Waals surface area (Å²) >= 11 is 0. The van der Waals surface area contributed by atoms with Gasteiger partial charge in [-0.15, -0.1) is 0 Å². The van der Waals surface area contributed by atoms with Crippen molar-refractivity contribution in [3.8, 4) is 5.75 Å². The lowest BCUT2D eigenvalue weighted by molar-refractivity contribution is -0.127. The first-order valence-corrected chi connectivity index (χ1v) is 6.01. The lowest BCUT2D eigenvalue weighted by Gasteiger charge is -2.23. The first-order chi connectivity index (χ1) is 8.26. The molecule has 1 N–H and O–H groups in total. The highest BCUT2D eigenvalue weighted by Crippen LogP contribution is 2.23. The van der Waals surface area contributed by atoms with Crippen LogP contribution in [0.4, 0.5) is 0 Å². The van der Waals surface area contributed by atoms with Gasteiger partial charge in [-0.05, 0) is 31.5 Å². The van der Waals surface area contributed by atoms with Gasteiger partial charge in [-0.3, -0.25) is 10.1 Å². The van der Waals surface area contributed by atoms with Crippen LogP contribution >= 0.6 is 0 Å². The van der Waals surface area contributed by atoms with E-state index in [0.717, 1.165) is 17.9 Å². The number of hydrogen-bond acceptors (Lipinski definition) is 3. The maximum absolute atomic E-state index is 11.6. The van der Waals surface area contributed by atoms with Crippen LogP contribution in [0, 0.1) is 0 Å². The molecule has 1 aromatic carbocycles. The summed E-state index contributed by atoms with van der Waals surface area (Å²) in [6, 6.07) is 7.89. The van der Waals surface area contributed by atoms with Gasteiger partial charge in [0.15, 0.2) is 0 Å². The van der Waals surface area contributed by atoms with Crippen molar-refractivity contribution in [1.82, 2.24) is 10.2 Å². The van der Waals surface area contributed by atoms with E-state index in [4.69, 9.17) is 4.74 Å². The predicted molar refractivity (Wildman–Crippen MR) is 65.7 cm³/mol. The molecule has 0 saturated carbocycles. The van der Waals surface area contributed by atoms with E-state index in [0.29, 0.717) is 13.2 Å². The highest BCUT2D eigenvalue weighted by Gasteiger charge is 2.29. The minimum atomic E-state index is 0.00294. The lowest BCUT2D eigenvalue weighted by atomic mass is 10.1. The Morgan fingerprint density at radius 1 is 1.35 bits per heavy atom. The molecule has 0 aliphatic carbocycles. The summed E-state index contributed by atoms with van der Waals surface area (Å²) in [7, 11) is 0. The normalized spacial score (nSPS) is 19.8. The van der Waals surface area contributed by atoms with Gasteiger partial charge in [-0.1, -0.05) is 12.1 Å². The molecule has 1 saturated heterocycles. The van der Waals surface area contributed by atoms with E-state index >= 15 is 0 Å². The number of carbonyl (C=O) groups excluding carboxylic acids is 1. The van der Waals surface area contributed by atoms with Gasteiger partial charge in [0.1, 0.15) is 11.9 Å². The molecule has 1 amide bonds. The first-order valence-electron chi connectivity index (χ1n) is 6.01. The van der Waals surface area contributed by atoms with Crippen LogP contribution in [0.15, 0.2) is 24.3 Å². The molecule has 0 spiro atoms. The summed E-state index contributed by atoms with van der Waals surface area (Å²) in [5.41, 5.74) is 1.10. The SMILES string of the molecule is CCOc1ccc(C2NCC(=O)N2CC)cc1. The maximum atomic E-state index is 11.6. The Kier molecular flexibility index (Phi) is 3.64. The molecule has 1 aliphatic rings. The van der Waals surface area contributed by atoms with E-state index in [-0.39, 0.29) is 12.1 Å². The fraction of sp³-hybridized carbons (Fsp3) is 0.462. The maximum Gasteiger partial charge on any atom is 0.238 e. The molecule has 1 fully saturated rings. The number of amides is 1. The second kappa shape index (κ2) is 5.19. The van der Waals surface area contributed by atoms with Crippen LogP contribution in [0.3, 0.4) is 0 Å². The van der Waals surface area contributed by atoms with E-state index in [1.165, 1.54) is 0 Å². The predicted octanol–water partition coefficient (Wildman–Crippen LogP) is 1.54. The molecule has 17 heavy (non-hydrogen) atoms. The summed E-state index contributed by atoms with van der Waals surface area (Å²) in [6.07, 6.45) is 0.00294. The lowest BCUT2D eigenvalue weighted by Crippen LogP contribution is -2.29. The Balaban J connectivity index is 2.14. The van der Waals surface area contributed by atoms with Crippen LogP contribution in [0.1, 0.15) is 25.6 Å². The zero-order chi connectivity index (χ0) is 12.3. The summed E-state index contributed by atoms with van der Waals surface area (Å²) in [5.74, 6) is 1.02. The third kappa shape index (κ3) is 2.42. The number of ether oxygens (including phenoxy) is 1. The molecule has 92 valence electrons. The average molecular weight is 234 g/mol. The molecule has 4 heteroatoms. The Hall–Kier alpha value is -1.55. The highest BCUT2D eigenvalue weighted by molar-refractivity contribution is 5.80. The molecule has 1 heterocycles. The Labute approximate surface area is 102 Å². The van der Waals surface area contributed by atoms with Crippen LogP contribution < -0.4 is 10.1 Å². The zero-order valence-electron chi connectivity index (χ0n) is 10.3. The van der Waals surface area contributed by atoms with Gasteiger partial charge < -0.3 is 9.64 Å². The number of nitrogens with zero attached hydrogens (tertiary/aromatic N) is 1. The molecule has 0 radical (unpaired) electrons. The molecule has 4 nitrogen and oxygen atoms in total. The van der Waals surface area contributed by atoms with Crippen molar-refractivity contribution >= 4 is 5.91 Å². The van der Waals surface area contributed by atoms with E-state index in [1.54, 1.807) is 0 Å². The van der Waals surface area contributed by atoms with E-state index in [2.05, 4.69) is 5.32 Å². The molecular weight excluding hydrogens is 216 g/mol. The third-order valence-electron chi connectivity index (χ3n) is 2.93. The van der Waals surface area contributed by atoms with Crippen LogP contribution in [-0.4, -0.2) is 30.5 Å². The second-order valence-corrected chi connectivity index (χ2v) is 3.97. The molecular formula is C13H18N2O2. The number of benzene rings is 1. The van der Waals surface area contributed by atoms with E-state index < -0.39 is 0 Å². The number of hydrogen-bond donors (Lipinski definition) is 1. The van der Waals surface area contributed by atoms with Gasteiger partial charge >= 0.3 is 0 Å². The summed E-state index contributed by atoms with van der Waals surface area (Å²) in [4.78, 5) is 13.4. The first kappa shape index (κ1) is 11.9. The van der Waals surface area contributed by atoms with Crippen molar-refractivity contribution in [1.29, 1.82) is 0 Å². The summed E-state index contributed by atoms with van der Waals surface area (Å²) < 4.78 is 5.40. The van der Waals surface area contributed by atoms with E-state index in [1.807, 2.05) is 43.0 Å². The van der Waals surface area contributed by atoms with Crippen molar-refractivity contribution in [2.45, 2.75) is 20.0 Å². The van der Waals surface area contributed by atoms with Gasteiger partial charge in [-0.25, -0.2) is 0 Å². The summed E-state index contributed by atoms with van der Waals surface area (Å²) in [6.45, 7) is 5.77. The van der Waals surface area contributed by atoms with Gasteiger partial charge in [0.25, 0.3) is 0 Å². The fourth-order valence-electron chi connectivity index (χ4n) is 2.11. The highest BCUT2D eigenvalue weighted by atomic mass is 16.5. The van der Waals surface area contributed by atoms with Crippen LogP contribution in [0.25, 0.3) is 0 Å².